The van der Waals surface area contributed by atoms with Crippen molar-refractivity contribution < 1.29 is 22.8 Å². The van der Waals surface area contributed by atoms with Crippen LogP contribution >= 0.6 is 11.3 Å². The van der Waals surface area contributed by atoms with Gasteiger partial charge >= 0.3 is 6.18 Å². The third kappa shape index (κ3) is 4.68. The van der Waals surface area contributed by atoms with E-state index < -0.39 is 17.5 Å². The minimum absolute atomic E-state index is 0.186. The number of carbonyl (C=O) groups excluding carboxylic acids is 2. The lowest BCUT2D eigenvalue weighted by Gasteiger charge is -2.15. The highest BCUT2D eigenvalue weighted by molar-refractivity contribution is 7.16. The fraction of sp³-hybridized carbons (Fsp3) is 0.438. The molecule has 0 aliphatic rings. The van der Waals surface area contributed by atoms with E-state index in [1.807, 2.05) is 20.8 Å². The second kappa shape index (κ2) is 6.62. The molecule has 0 aliphatic heterocycles. The third-order valence-electron chi connectivity index (χ3n) is 3.30. The Balaban J connectivity index is 2.34. The molecule has 0 bridgehead atoms. The van der Waals surface area contributed by atoms with Gasteiger partial charge < -0.3 is 4.57 Å². The zero-order valence-electron chi connectivity index (χ0n) is 14.2. The average Bonchev–Trinajstić information content (AvgIpc) is 2.77. The first-order valence-corrected chi connectivity index (χ1v) is 8.24. The minimum atomic E-state index is -4.92. The summed E-state index contributed by atoms with van der Waals surface area (Å²) in [7, 11) is 1.68. The molecule has 1 aromatic heterocycles. The van der Waals surface area contributed by atoms with Crippen LogP contribution in [0, 0.1) is 5.41 Å². The number of aromatic nitrogens is 1. The van der Waals surface area contributed by atoms with E-state index in [9.17, 15) is 22.8 Å². The van der Waals surface area contributed by atoms with Crippen LogP contribution in [0.15, 0.2) is 23.3 Å². The summed E-state index contributed by atoms with van der Waals surface area (Å²) in [6.45, 7) is 5.77. The average molecular weight is 373 g/mol. The van der Waals surface area contributed by atoms with Crippen LogP contribution in [-0.4, -0.2) is 22.4 Å². The molecule has 5 nitrogen and oxygen atoms in total. The van der Waals surface area contributed by atoms with E-state index in [0.717, 1.165) is 17.4 Å². The Morgan fingerprint density at radius 1 is 1.24 bits per heavy atom. The number of thiazole rings is 1. The van der Waals surface area contributed by atoms with Crippen molar-refractivity contribution in [3.8, 4) is 0 Å². The summed E-state index contributed by atoms with van der Waals surface area (Å²) in [5, 5.41) is 4.03. The van der Waals surface area contributed by atoms with Crippen LogP contribution in [0.3, 0.4) is 0 Å². The van der Waals surface area contributed by atoms with Gasteiger partial charge in [-0.05, 0) is 23.6 Å². The van der Waals surface area contributed by atoms with Gasteiger partial charge in [0.1, 0.15) is 0 Å². The van der Waals surface area contributed by atoms with Crippen molar-refractivity contribution in [1.82, 2.24) is 9.99 Å². The van der Waals surface area contributed by atoms with Crippen LogP contribution in [0.2, 0.25) is 0 Å². The number of nitrogens with one attached hydrogen (secondary N) is 1. The summed E-state index contributed by atoms with van der Waals surface area (Å²) in [6, 6.07) is 3.75. The Morgan fingerprint density at radius 3 is 2.44 bits per heavy atom. The van der Waals surface area contributed by atoms with Gasteiger partial charge in [-0.15, -0.1) is 5.10 Å². The number of Topliss-reactive ketones (excluding diaryl/α,β-unsaturated/α-hetero) is 1. The first kappa shape index (κ1) is 19.2. The van der Waals surface area contributed by atoms with Crippen molar-refractivity contribution in [3.05, 3.63) is 28.6 Å². The van der Waals surface area contributed by atoms with Gasteiger partial charge in [-0.1, -0.05) is 32.1 Å². The van der Waals surface area contributed by atoms with Crippen LogP contribution in [0.1, 0.15) is 37.6 Å². The van der Waals surface area contributed by atoms with Crippen molar-refractivity contribution in [2.24, 2.45) is 17.6 Å². The number of rotatable bonds is 3. The summed E-state index contributed by atoms with van der Waals surface area (Å²) in [6.07, 6.45) is -4.63. The lowest BCUT2D eigenvalue weighted by atomic mass is 9.92. The number of fused-ring (bicyclic) bond motifs is 1. The minimum Gasteiger partial charge on any atom is -0.318 e. The lowest BCUT2D eigenvalue weighted by Crippen LogP contribution is -2.26. The molecule has 136 valence electrons. The molecule has 1 N–H and O–H groups in total. The number of hydrogen-bond acceptors (Lipinski definition) is 4. The van der Waals surface area contributed by atoms with Gasteiger partial charge in [0.2, 0.25) is 10.7 Å². The molecule has 0 spiro atoms. The van der Waals surface area contributed by atoms with Crippen LogP contribution in [0.4, 0.5) is 13.2 Å². The predicted octanol–water partition coefficient (Wildman–Crippen LogP) is 3.35. The molecular weight excluding hydrogens is 355 g/mol. The summed E-state index contributed by atoms with van der Waals surface area (Å²) in [5.41, 5.74) is 2.45. The van der Waals surface area contributed by atoms with E-state index in [4.69, 9.17) is 0 Å². The summed E-state index contributed by atoms with van der Waals surface area (Å²) >= 11 is 1.09. The van der Waals surface area contributed by atoms with E-state index in [-0.39, 0.29) is 17.7 Å². The van der Waals surface area contributed by atoms with Crippen LogP contribution in [0.25, 0.3) is 10.2 Å². The number of hydrogen-bond donors (Lipinski definition) is 1. The lowest BCUT2D eigenvalue weighted by molar-refractivity contribution is -0.122. The number of amides is 1. The Kier molecular flexibility index (Phi) is 5.08. The van der Waals surface area contributed by atoms with Crippen molar-refractivity contribution >= 4 is 33.2 Å². The standard InChI is InChI=1S/C16H18F3N3O2S/c1-15(2,3)8-12(23)20-21-14-22(4)10-6-5-9(7-11(10)25-14)13(24)16(17,18)19/h5-7H,8H2,1-4H3,(H,20,23)/b21-14+. The molecule has 25 heavy (non-hydrogen) atoms. The fourth-order valence-corrected chi connectivity index (χ4v) is 3.20. The van der Waals surface area contributed by atoms with Gasteiger partial charge in [0.25, 0.3) is 5.78 Å². The second-order valence-electron chi connectivity index (χ2n) is 6.84. The van der Waals surface area contributed by atoms with Crippen LogP contribution in [-0.2, 0) is 11.8 Å². The first-order valence-electron chi connectivity index (χ1n) is 7.42. The molecule has 9 heteroatoms. The molecule has 0 saturated carbocycles. The van der Waals surface area contributed by atoms with Gasteiger partial charge in [0, 0.05) is 19.0 Å². The summed E-state index contributed by atoms with van der Waals surface area (Å²) in [4.78, 5) is 23.6. The van der Waals surface area contributed by atoms with E-state index in [1.165, 1.54) is 12.1 Å². The Bertz CT molecular complexity index is 889. The van der Waals surface area contributed by atoms with E-state index in [0.29, 0.717) is 15.0 Å². The number of carbonyl (C=O) groups is 2. The summed E-state index contributed by atoms with van der Waals surface area (Å²) < 4.78 is 39.8. The molecule has 2 aromatic rings. The number of nitrogens with zero attached hydrogens (tertiary/aromatic N) is 2. The molecule has 0 fully saturated rings. The van der Waals surface area contributed by atoms with Crippen LogP contribution < -0.4 is 10.2 Å². The van der Waals surface area contributed by atoms with Gasteiger partial charge in [-0.3, -0.25) is 9.59 Å². The number of alkyl halides is 3. The molecule has 2 rings (SSSR count). The highest BCUT2D eigenvalue weighted by atomic mass is 32.1. The molecule has 0 saturated heterocycles. The van der Waals surface area contributed by atoms with E-state index >= 15 is 0 Å². The largest absolute Gasteiger partial charge is 0.454 e. The predicted molar refractivity (Wildman–Crippen MR) is 89.0 cm³/mol. The third-order valence-corrected chi connectivity index (χ3v) is 4.39. The maximum Gasteiger partial charge on any atom is 0.454 e. The second-order valence-corrected chi connectivity index (χ2v) is 7.85. The molecule has 0 unspecified atom stereocenters. The summed E-state index contributed by atoms with van der Waals surface area (Å²) in [5.74, 6) is -2.14. The molecular formula is C16H18F3N3O2S. The zero-order valence-corrected chi connectivity index (χ0v) is 15.0. The van der Waals surface area contributed by atoms with Crippen molar-refractivity contribution in [3.63, 3.8) is 0 Å². The van der Waals surface area contributed by atoms with Gasteiger partial charge in [0.05, 0.1) is 10.2 Å². The first-order chi connectivity index (χ1) is 11.4. The van der Waals surface area contributed by atoms with Crippen LogP contribution in [0.5, 0.6) is 0 Å². The maximum absolute atomic E-state index is 12.5. The highest BCUT2D eigenvalue weighted by Gasteiger charge is 2.39. The molecule has 1 amide bonds. The van der Waals surface area contributed by atoms with E-state index in [2.05, 4.69) is 10.5 Å². The Labute approximate surface area is 146 Å². The molecule has 0 aliphatic carbocycles. The van der Waals surface area contributed by atoms with Crippen molar-refractivity contribution in [2.75, 3.05) is 0 Å². The number of aryl methyl sites for hydroxylation is 1. The Hall–Kier alpha value is -2.16. The zero-order chi connectivity index (χ0) is 19.0. The number of ketones is 1. The van der Waals surface area contributed by atoms with Crippen molar-refractivity contribution in [1.29, 1.82) is 0 Å². The SMILES string of the molecule is Cn1/c(=N\NC(=O)CC(C)(C)C)sc2cc(C(=O)C(F)(F)F)ccc21. The monoisotopic (exact) mass is 373 g/mol. The normalized spacial score (nSPS) is 13.3. The maximum atomic E-state index is 12.5. The molecule has 1 heterocycles. The smallest absolute Gasteiger partial charge is 0.318 e. The topological polar surface area (TPSA) is 63.5 Å². The quantitative estimate of drug-likeness (QED) is 0.662. The van der Waals surface area contributed by atoms with Gasteiger partial charge in [-0.2, -0.15) is 13.2 Å². The fourth-order valence-electron chi connectivity index (χ4n) is 2.18. The number of halogens is 3. The van der Waals surface area contributed by atoms with Gasteiger partial charge in [0.15, 0.2) is 0 Å². The molecule has 0 atom stereocenters. The molecule has 1 aromatic carbocycles. The van der Waals surface area contributed by atoms with E-state index in [1.54, 1.807) is 11.6 Å². The Morgan fingerprint density at radius 2 is 1.88 bits per heavy atom. The highest BCUT2D eigenvalue weighted by Crippen LogP contribution is 2.25. The number of benzene rings is 1. The van der Waals surface area contributed by atoms with Gasteiger partial charge in [-0.25, -0.2) is 5.43 Å². The van der Waals surface area contributed by atoms with Crippen molar-refractivity contribution in [2.45, 2.75) is 33.4 Å². The molecule has 0 radical (unpaired) electrons.